The quantitative estimate of drug-likeness (QED) is 0.184. The Morgan fingerprint density at radius 1 is 0.946 bits per heavy atom. The number of ether oxygens (including phenoxy) is 2. The summed E-state index contributed by atoms with van der Waals surface area (Å²) >= 11 is 0. The Morgan fingerprint density at radius 2 is 1.71 bits per heavy atom. The van der Waals surface area contributed by atoms with Gasteiger partial charge in [-0.15, -0.1) is 0 Å². The minimum atomic E-state index is -1.03. The van der Waals surface area contributed by atoms with Gasteiger partial charge in [-0.25, -0.2) is 9.59 Å². The highest BCUT2D eigenvalue weighted by molar-refractivity contribution is 5.94. The molecule has 3 aliphatic heterocycles. The van der Waals surface area contributed by atoms with Crippen molar-refractivity contribution in [1.29, 1.82) is 5.26 Å². The van der Waals surface area contributed by atoms with E-state index in [0.29, 0.717) is 45.6 Å². The maximum absolute atomic E-state index is 13.3. The van der Waals surface area contributed by atoms with Crippen molar-refractivity contribution in [1.82, 2.24) is 19.8 Å². The molecule has 8 rings (SSSR count). The van der Waals surface area contributed by atoms with E-state index < -0.39 is 17.2 Å². The summed E-state index contributed by atoms with van der Waals surface area (Å²) in [4.78, 5) is 44.2. The number of carbonyl (C=O) groups excluding carboxylic acids is 1. The second-order valence-corrected chi connectivity index (χ2v) is 17.0. The van der Waals surface area contributed by atoms with Crippen LogP contribution in [0.25, 0.3) is 10.8 Å². The van der Waals surface area contributed by atoms with Gasteiger partial charge in [-0.1, -0.05) is 66.7 Å². The fourth-order valence-electron chi connectivity index (χ4n) is 9.23. The zero-order chi connectivity index (χ0) is 39.1. The van der Waals surface area contributed by atoms with Crippen molar-refractivity contribution in [3.8, 4) is 12.1 Å². The van der Waals surface area contributed by atoms with Crippen molar-refractivity contribution in [2.75, 3.05) is 49.1 Å². The maximum atomic E-state index is 13.3. The normalized spacial score (nSPS) is 21.7. The molecule has 4 aromatic rings. The predicted molar refractivity (Wildman–Crippen MR) is 214 cm³/mol. The molecule has 2 saturated heterocycles. The molecular weight excluding hydrogens is 707 g/mol. The first-order valence-corrected chi connectivity index (χ1v) is 19.9. The topological polar surface area (TPSA) is 135 Å². The van der Waals surface area contributed by atoms with Crippen molar-refractivity contribution in [3.63, 3.8) is 0 Å². The van der Waals surface area contributed by atoms with Gasteiger partial charge in [0, 0.05) is 60.8 Å². The number of hydrogen-bond acceptors (Lipinski definition) is 9. The van der Waals surface area contributed by atoms with Crippen LogP contribution in [0.5, 0.6) is 6.01 Å². The van der Waals surface area contributed by atoms with Gasteiger partial charge in [-0.2, -0.15) is 15.2 Å². The molecule has 2 atom stereocenters. The molecule has 4 heterocycles. The molecule has 0 bridgehead atoms. The fourth-order valence-corrected chi connectivity index (χ4v) is 9.23. The first kappa shape index (κ1) is 37.4. The molecule has 1 aliphatic carbocycles. The lowest BCUT2D eigenvalue weighted by molar-refractivity contribution is 0.0123. The van der Waals surface area contributed by atoms with Crippen LogP contribution in [-0.2, 0) is 24.1 Å². The second-order valence-electron chi connectivity index (χ2n) is 17.0. The third-order valence-corrected chi connectivity index (χ3v) is 12.1. The molecule has 12 nitrogen and oxygen atoms in total. The van der Waals surface area contributed by atoms with Crippen molar-refractivity contribution in [2.45, 2.75) is 89.4 Å². The molecule has 4 aliphatic rings. The van der Waals surface area contributed by atoms with E-state index in [1.54, 1.807) is 0 Å². The van der Waals surface area contributed by atoms with Crippen LogP contribution >= 0.6 is 0 Å². The lowest BCUT2D eigenvalue weighted by atomic mass is 9.83. The van der Waals surface area contributed by atoms with Crippen LogP contribution in [-0.4, -0.2) is 93.6 Å². The van der Waals surface area contributed by atoms with E-state index in [1.165, 1.54) is 15.7 Å². The summed E-state index contributed by atoms with van der Waals surface area (Å²) in [5, 5.41) is 22.9. The summed E-state index contributed by atoms with van der Waals surface area (Å²) in [5.41, 5.74) is 2.24. The van der Waals surface area contributed by atoms with E-state index in [4.69, 9.17) is 19.4 Å². The van der Waals surface area contributed by atoms with Gasteiger partial charge in [-0.3, -0.25) is 4.90 Å². The molecule has 12 heteroatoms. The molecule has 292 valence electrons. The number of hydrogen-bond donors (Lipinski definition) is 1. The Hall–Kier alpha value is -5.57. The van der Waals surface area contributed by atoms with Crippen molar-refractivity contribution < 1.29 is 24.2 Å². The van der Waals surface area contributed by atoms with Gasteiger partial charge >= 0.3 is 18.2 Å². The summed E-state index contributed by atoms with van der Waals surface area (Å²) in [6.45, 7) is 8.98. The van der Waals surface area contributed by atoms with E-state index in [0.717, 1.165) is 60.6 Å². The van der Waals surface area contributed by atoms with Crippen LogP contribution in [0.1, 0.15) is 69.7 Å². The monoisotopic (exact) mass is 757 g/mol. The largest absolute Gasteiger partial charge is 0.465 e. The van der Waals surface area contributed by atoms with Crippen LogP contribution in [0.4, 0.5) is 21.1 Å². The molecule has 3 fully saturated rings. The Labute approximate surface area is 328 Å². The van der Waals surface area contributed by atoms with Crippen molar-refractivity contribution >= 4 is 34.5 Å². The number of likely N-dealkylation sites (tertiary alicyclic amines) is 1. The Morgan fingerprint density at radius 3 is 2.46 bits per heavy atom. The van der Waals surface area contributed by atoms with Crippen molar-refractivity contribution in [3.05, 3.63) is 89.6 Å². The van der Waals surface area contributed by atoms with E-state index in [2.05, 4.69) is 58.3 Å². The first-order chi connectivity index (χ1) is 27.0. The molecule has 0 radical (unpaired) electrons. The number of carbonyl (C=O) groups is 2. The number of aromatic nitrogens is 2. The molecule has 1 saturated carbocycles. The lowest BCUT2D eigenvalue weighted by Crippen LogP contribution is -2.65. The van der Waals surface area contributed by atoms with Crippen LogP contribution in [0.3, 0.4) is 0 Å². The highest BCUT2D eigenvalue weighted by Gasteiger charge is 2.55. The van der Waals surface area contributed by atoms with E-state index in [1.807, 2.05) is 56.0 Å². The number of piperazine rings is 1. The van der Waals surface area contributed by atoms with E-state index in [9.17, 15) is 20.0 Å². The van der Waals surface area contributed by atoms with Gasteiger partial charge in [0.05, 0.1) is 36.9 Å². The Balaban J connectivity index is 1.13. The van der Waals surface area contributed by atoms with Crippen LogP contribution in [0.2, 0.25) is 0 Å². The molecule has 56 heavy (non-hydrogen) atoms. The van der Waals surface area contributed by atoms with Gasteiger partial charge in [-0.05, 0) is 76.3 Å². The number of fused-ring (bicyclic) bond motifs is 2. The highest BCUT2D eigenvalue weighted by atomic mass is 16.6. The predicted octanol–water partition coefficient (Wildman–Crippen LogP) is 7.45. The Bertz CT molecular complexity index is 2140. The summed E-state index contributed by atoms with van der Waals surface area (Å²) in [6.07, 6.45) is 3.52. The van der Waals surface area contributed by atoms with E-state index in [-0.39, 0.29) is 36.5 Å². The SMILES string of the molecule is CC(C)(C)OC(=O)N1CCC[C@H]1C1(COc2nc3c(c(N4CCN(C(=O)O)[C@](CC#N)(Cc5ccccc5)C4)n2)CCN(c2cccc4ccccc24)C3)CC1. The van der Waals surface area contributed by atoms with Gasteiger partial charge in [0.1, 0.15) is 11.4 Å². The van der Waals surface area contributed by atoms with Crippen LogP contribution in [0, 0.1) is 16.7 Å². The fraction of sp³-hybridized carbons (Fsp3) is 0.477. The number of nitriles is 1. The zero-order valence-electron chi connectivity index (χ0n) is 32.6. The third kappa shape index (κ3) is 7.39. The van der Waals surface area contributed by atoms with Crippen LogP contribution < -0.4 is 14.5 Å². The number of nitrogens with zero attached hydrogens (tertiary/aromatic N) is 7. The molecule has 1 N–H and O–H groups in total. The molecular formula is C44H51N7O5. The van der Waals surface area contributed by atoms with Gasteiger partial charge in [0.2, 0.25) is 0 Å². The first-order valence-electron chi connectivity index (χ1n) is 19.9. The average molecular weight is 758 g/mol. The minimum Gasteiger partial charge on any atom is -0.465 e. The smallest absolute Gasteiger partial charge is 0.410 e. The number of benzene rings is 3. The highest BCUT2D eigenvalue weighted by Crippen LogP contribution is 2.54. The minimum absolute atomic E-state index is 0.0185. The second kappa shape index (κ2) is 14.8. The summed E-state index contributed by atoms with van der Waals surface area (Å²) < 4.78 is 12.4. The number of rotatable bonds is 9. The molecule has 0 unspecified atom stereocenters. The maximum Gasteiger partial charge on any atom is 0.410 e. The van der Waals surface area contributed by atoms with Gasteiger partial charge in [0.25, 0.3) is 0 Å². The number of anilines is 2. The molecule has 1 aromatic heterocycles. The summed E-state index contributed by atoms with van der Waals surface area (Å²) in [7, 11) is 0. The van der Waals surface area contributed by atoms with Crippen LogP contribution in [0.15, 0.2) is 72.8 Å². The van der Waals surface area contributed by atoms with Gasteiger partial charge < -0.3 is 29.3 Å². The summed E-state index contributed by atoms with van der Waals surface area (Å²) in [5.74, 6) is 0.740. The van der Waals surface area contributed by atoms with Crippen molar-refractivity contribution in [2.24, 2.45) is 5.41 Å². The average Bonchev–Trinajstić information content (AvgIpc) is 3.80. The molecule has 2 amide bonds. The number of carboxylic acid groups (broad SMARTS) is 1. The Kier molecular flexibility index (Phi) is 9.89. The third-order valence-electron chi connectivity index (χ3n) is 12.1. The standard InChI is InChI=1S/C44H51N7O5/c1-42(2,3)56-41(54)50-23-10-17-37(50)43(19-20-43)30-55-39-46-35-28-48(36-16-9-14-32-13-7-8-15-33(32)36)24-18-34(35)38(47-39)49-25-26-51(40(52)53)44(29-49,21-22-45)27-31-11-5-4-6-12-31/h4-9,11-16,37H,10,17-21,23-30H2,1-3H3,(H,52,53)/t37-,44+/m0/s1. The van der Waals surface area contributed by atoms with E-state index >= 15 is 0 Å². The lowest BCUT2D eigenvalue weighted by Gasteiger charge is -2.49. The van der Waals surface area contributed by atoms with Gasteiger partial charge in [0.15, 0.2) is 0 Å². The molecule has 0 spiro atoms. The summed E-state index contributed by atoms with van der Waals surface area (Å²) in [6, 6.07) is 27.2. The zero-order valence-corrected chi connectivity index (χ0v) is 32.6. The molecule has 3 aromatic carbocycles. The number of amides is 2.